The Kier molecular flexibility index (Phi) is 8.00. The van der Waals surface area contributed by atoms with Crippen molar-refractivity contribution in [2.24, 2.45) is 0 Å². The SMILES string of the molecule is C#CC(CCc1cc(OC)c(OC)c(OC)c1C=C)O[Si](C)(C)C(C)(C)C. The Hall–Kier alpha value is -1.90. The minimum absolute atomic E-state index is 0.112. The molecule has 1 unspecified atom stereocenters. The highest BCUT2D eigenvalue weighted by atomic mass is 28.4. The normalized spacial score (nSPS) is 12.9. The van der Waals surface area contributed by atoms with Crippen LogP contribution in [0.25, 0.3) is 6.08 Å². The molecule has 1 rings (SSSR count). The van der Waals surface area contributed by atoms with Gasteiger partial charge in [-0.3, -0.25) is 0 Å². The van der Waals surface area contributed by atoms with E-state index in [4.69, 9.17) is 25.1 Å². The number of terminal acetylenes is 1. The largest absolute Gasteiger partial charge is 0.493 e. The van der Waals surface area contributed by atoms with Crippen LogP contribution in [0.4, 0.5) is 0 Å². The molecule has 0 bridgehead atoms. The van der Waals surface area contributed by atoms with E-state index in [-0.39, 0.29) is 11.1 Å². The summed E-state index contributed by atoms with van der Waals surface area (Å²) in [5.41, 5.74) is 1.93. The van der Waals surface area contributed by atoms with Crippen molar-refractivity contribution >= 4 is 14.4 Å². The summed E-state index contributed by atoms with van der Waals surface area (Å²) < 4.78 is 22.9. The average Bonchev–Trinajstić information content (AvgIpc) is 2.62. The maximum Gasteiger partial charge on any atom is 0.203 e. The van der Waals surface area contributed by atoms with Crippen LogP contribution in [0.15, 0.2) is 12.6 Å². The fourth-order valence-corrected chi connectivity index (χ4v) is 3.91. The van der Waals surface area contributed by atoms with Crippen LogP contribution in [0, 0.1) is 12.3 Å². The van der Waals surface area contributed by atoms with Gasteiger partial charge in [0.2, 0.25) is 5.75 Å². The first kappa shape index (κ1) is 23.1. The molecule has 0 aromatic heterocycles. The van der Waals surface area contributed by atoms with Gasteiger partial charge in [-0.1, -0.05) is 39.3 Å². The van der Waals surface area contributed by atoms with E-state index < -0.39 is 8.32 Å². The molecule has 4 nitrogen and oxygen atoms in total. The molecule has 0 saturated heterocycles. The first-order valence-corrected chi connectivity index (χ1v) is 12.0. The molecule has 1 aromatic carbocycles. The highest BCUT2D eigenvalue weighted by molar-refractivity contribution is 6.74. The molecule has 150 valence electrons. The summed E-state index contributed by atoms with van der Waals surface area (Å²) in [6.07, 6.45) is 8.75. The standard InChI is InChI=1S/C22H34O4Si/c1-11-17(26-27(9,10)22(3,4)5)14-13-16-15-19(23-6)21(25-8)20(24-7)18(16)12-2/h1,12,15,17H,2,13-14H2,3-10H3. The number of aryl methyl sites for hydroxylation is 1. The summed E-state index contributed by atoms with van der Waals surface area (Å²) in [6, 6.07) is 1.96. The Balaban J connectivity index is 3.14. The average molecular weight is 391 g/mol. The molecule has 0 fully saturated rings. The molecule has 0 aliphatic heterocycles. The molecular weight excluding hydrogens is 356 g/mol. The van der Waals surface area contributed by atoms with Crippen molar-refractivity contribution in [3.05, 3.63) is 23.8 Å². The highest BCUT2D eigenvalue weighted by Crippen LogP contribution is 2.43. The maximum absolute atomic E-state index is 6.39. The van der Waals surface area contributed by atoms with Crippen molar-refractivity contribution in [2.75, 3.05) is 21.3 Å². The lowest BCUT2D eigenvalue weighted by Gasteiger charge is -2.38. The fourth-order valence-electron chi connectivity index (χ4n) is 2.66. The van der Waals surface area contributed by atoms with Crippen LogP contribution in [0.5, 0.6) is 17.2 Å². The third-order valence-corrected chi connectivity index (χ3v) is 9.75. The summed E-state index contributed by atoms with van der Waals surface area (Å²) in [4.78, 5) is 0. The van der Waals surface area contributed by atoms with Gasteiger partial charge in [0.15, 0.2) is 19.8 Å². The van der Waals surface area contributed by atoms with Gasteiger partial charge in [-0.25, -0.2) is 0 Å². The number of methoxy groups -OCH3 is 3. The van der Waals surface area contributed by atoms with E-state index >= 15 is 0 Å². The molecule has 0 heterocycles. The third kappa shape index (κ3) is 5.30. The molecular formula is C22H34O4Si. The Bertz CT molecular complexity index is 696. The first-order valence-electron chi connectivity index (χ1n) is 9.14. The van der Waals surface area contributed by atoms with Gasteiger partial charge in [0, 0.05) is 5.56 Å². The van der Waals surface area contributed by atoms with Crippen LogP contribution >= 0.6 is 0 Å². The molecule has 5 heteroatoms. The second kappa shape index (κ2) is 9.34. The van der Waals surface area contributed by atoms with Gasteiger partial charge in [-0.2, -0.15) is 0 Å². The maximum atomic E-state index is 6.39. The second-order valence-corrected chi connectivity index (χ2v) is 12.8. The predicted octanol–water partition coefficient (Wildman–Crippen LogP) is 5.31. The van der Waals surface area contributed by atoms with E-state index in [1.165, 1.54) is 0 Å². The molecule has 1 atom stereocenters. The Labute approximate surface area is 166 Å². The van der Waals surface area contributed by atoms with Gasteiger partial charge in [-0.05, 0) is 42.6 Å². The van der Waals surface area contributed by atoms with Gasteiger partial charge < -0.3 is 18.6 Å². The molecule has 0 aliphatic carbocycles. The van der Waals surface area contributed by atoms with Gasteiger partial charge in [0.25, 0.3) is 0 Å². The quantitative estimate of drug-likeness (QED) is 0.423. The topological polar surface area (TPSA) is 36.9 Å². The molecule has 0 amide bonds. The Morgan fingerprint density at radius 3 is 2.15 bits per heavy atom. The molecule has 1 aromatic rings. The molecule has 0 saturated carbocycles. The van der Waals surface area contributed by atoms with E-state index in [0.29, 0.717) is 23.7 Å². The van der Waals surface area contributed by atoms with Crippen molar-refractivity contribution < 1.29 is 18.6 Å². The van der Waals surface area contributed by atoms with Gasteiger partial charge in [-0.15, -0.1) is 6.42 Å². The van der Waals surface area contributed by atoms with Crippen molar-refractivity contribution in [3.8, 4) is 29.6 Å². The minimum atomic E-state index is -1.93. The monoisotopic (exact) mass is 390 g/mol. The Morgan fingerprint density at radius 2 is 1.74 bits per heavy atom. The van der Waals surface area contributed by atoms with Crippen molar-refractivity contribution in [3.63, 3.8) is 0 Å². The van der Waals surface area contributed by atoms with Crippen molar-refractivity contribution in [1.82, 2.24) is 0 Å². The van der Waals surface area contributed by atoms with Crippen LogP contribution in [0.3, 0.4) is 0 Å². The van der Waals surface area contributed by atoms with Gasteiger partial charge in [0.1, 0.15) is 6.10 Å². The number of rotatable bonds is 9. The van der Waals surface area contributed by atoms with E-state index in [1.807, 2.05) is 6.07 Å². The zero-order valence-electron chi connectivity index (χ0n) is 18.1. The van der Waals surface area contributed by atoms with Crippen LogP contribution in [-0.2, 0) is 10.8 Å². The Morgan fingerprint density at radius 1 is 1.15 bits per heavy atom. The third-order valence-electron chi connectivity index (χ3n) is 5.26. The lowest BCUT2D eigenvalue weighted by Crippen LogP contribution is -2.43. The van der Waals surface area contributed by atoms with Gasteiger partial charge >= 0.3 is 0 Å². The predicted molar refractivity (Wildman–Crippen MR) is 115 cm³/mol. The zero-order valence-corrected chi connectivity index (χ0v) is 19.1. The van der Waals surface area contributed by atoms with E-state index in [9.17, 15) is 0 Å². The van der Waals surface area contributed by atoms with Crippen molar-refractivity contribution in [1.29, 1.82) is 0 Å². The highest BCUT2D eigenvalue weighted by Gasteiger charge is 2.38. The second-order valence-electron chi connectivity index (χ2n) is 7.99. The summed E-state index contributed by atoms with van der Waals surface area (Å²) >= 11 is 0. The first-order chi connectivity index (χ1) is 12.6. The summed E-state index contributed by atoms with van der Waals surface area (Å²) in [5, 5.41) is 0.112. The van der Waals surface area contributed by atoms with Crippen LogP contribution in [0.1, 0.15) is 38.3 Å². The van der Waals surface area contributed by atoms with E-state index in [1.54, 1.807) is 27.4 Å². The van der Waals surface area contributed by atoms with Crippen LogP contribution in [-0.4, -0.2) is 35.8 Å². The summed E-state index contributed by atoms with van der Waals surface area (Å²) in [5.74, 6) is 4.62. The summed E-state index contributed by atoms with van der Waals surface area (Å²) in [6.45, 7) is 15.0. The molecule has 27 heavy (non-hydrogen) atoms. The number of hydrogen-bond acceptors (Lipinski definition) is 4. The molecule has 0 radical (unpaired) electrons. The lowest BCUT2D eigenvalue weighted by molar-refractivity contribution is 0.224. The fraction of sp³-hybridized carbons (Fsp3) is 0.545. The smallest absolute Gasteiger partial charge is 0.203 e. The number of hydrogen-bond donors (Lipinski definition) is 0. The molecule has 0 aliphatic rings. The van der Waals surface area contributed by atoms with E-state index in [0.717, 1.165) is 17.5 Å². The van der Waals surface area contributed by atoms with Gasteiger partial charge in [0.05, 0.1) is 21.3 Å². The summed E-state index contributed by atoms with van der Waals surface area (Å²) in [7, 11) is 2.88. The zero-order chi connectivity index (χ0) is 20.8. The molecule has 0 spiro atoms. The molecule has 0 N–H and O–H groups in total. The number of benzene rings is 1. The minimum Gasteiger partial charge on any atom is -0.493 e. The van der Waals surface area contributed by atoms with E-state index in [2.05, 4.69) is 46.4 Å². The number of ether oxygens (including phenoxy) is 3. The lowest BCUT2D eigenvalue weighted by atomic mass is 9.99. The van der Waals surface area contributed by atoms with Crippen molar-refractivity contribution in [2.45, 2.75) is 57.8 Å². The van der Waals surface area contributed by atoms with Crippen LogP contribution in [0.2, 0.25) is 18.1 Å². The van der Waals surface area contributed by atoms with Crippen LogP contribution < -0.4 is 14.2 Å².